The predicted molar refractivity (Wildman–Crippen MR) is 278 cm³/mol. The predicted octanol–water partition coefficient (Wildman–Crippen LogP) is 8.62. The Balaban J connectivity index is 0.000000193. The number of aryl methyl sites for hydroxylation is 2. The lowest BCUT2D eigenvalue weighted by Crippen LogP contribution is -2.56. The average molecular weight is 1150 g/mol. The van der Waals surface area contributed by atoms with Crippen molar-refractivity contribution >= 4 is 108 Å². The standard InChI is InChI=1S/C23H25ClF2N6O3S.C20H21Cl2N5O3S.C3H5F2N.ClH/c1-14-11-32-20(27-21(14)30-12-23(25,26)13-30)10-18(28-32)19-5-3-4-8-31(19)22(33)16-9-15(24)6-7-17(16)29-36(2,34)35;1-12-11-27-18(23-19(12)22)10-16(24-27)17-5-3-4-8-26(17)20(28)14-9-13(21)6-7-15(14)25-31(2,29)30;4-3(5)1-6-2-3;/h6-7,9-11,19,29H,3-5,8,12-13H2,1-2H3;6-7,9-11,17,25H,3-5,8H2,1-2H3;6H,1-2H2;1H/t19-;17-;;/m00../s1. The number of halogens is 8. The number of anilines is 3. The Labute approximate surface area is 445 Å². The molecule has 4 fully saturated rings. The normalized spacial score (nSPS) is 19.2. The second-order valence-corrected chi connectivity index (χ2v) is 23.3. The van der Waals surface area contributed by atoms with Crippen molar-refractivity contribution in [1.82, 2.24) is 44.3 Å². The topological polar surface area (TPSA) is 209 Å². The number of carbonyl (C=O) groups excluding carboxylic acids is 2. The Morgan fingerprint density at radius 2 is 1.09 bits per heavy atom. The van der Waals surface area contributed by atoms with Gasteiger partial charge in [-0.1, -0.05) is 34.8 Å². The molecule has 0 bridgehead atoms. The highest BCUT2D eigenvalue weighted by Gasteiger charge is 2.45. The van der Waals surface area contributed by atoms with Crippen LogP contribution in [0.1, 0.15) is 93.8 Å². The average Bonchev–Trinajstić information content (AvgIpc) is 3.91. The van der Waals surface area contributed by atoms with Gasteiger partial charge in [-0.05, 0) is 88.8 Å². The first-order valence-corrected chi connectivity index (χ1v) is 27.9. The minimum absolute atomic E-state index is 0. The first-order valence-electron chi connectivity index (χ1n) is 23.0. The second-order valence-electron chi connectivity index (χ2n) is 18.5. The van der Waals surface area contributed by atoms with Crippen LogP contribution >= 0.6 is 47.2 Å². The molecule has 28 heteroatoms. The third-order valence-corrected chi connectivity index (χ3v) is 14.4. The molecule has 3 N–H and O–H groups in total. The van der Waals surface area contributed by atoms with Gasteiger partial charge < -0.3 is 20.0 Å². The van der Waals surface area contributed by atoms with Gasteiger partial charge in [0.1, 0.15) is 11.0 Å². The summed E-state index contributed by atoms with van der Waals surface area (Å²) in [6, 6.07) is 11.9. The largest absolute Gasteiger partial charge is 0.344 e. The summed E-state index contributed by atoms with van der Waals surface area (Å²) >= 11 is 18.4. The summed E-state index contributed by atoms with van der Waals surface area (Å²) in [5, 5.41) is 12.8. The van der Waals surface area contributed by atoms with Crippen LogP contribution in [0.3, 0.4) is 0 Å². The van der Waals surface area contributed by atoms with Crippen LogP contribution in [0.15, 0.2) is 60.9 Å². The molecule has 2 amide bonds. The summed E-state index contributed by atoms with van der Waals surface area (Å²) in [6.07, 6.45) is 10.5. The molecule has 4 saturated heterocycles. The van der Waals surface area contributed by atoms with Crippen molar-refractivity contribution in [3.8, 4) is 0 Å². The molecule has 6 aromatic rings. The van der Waals surface area contributed by atoms with Crippen molar-refractivity contribution in [3.05, 3.63) is 110 Å². The van der Waals surface area contributed by atoms with Crippen molar-refractivity contribution in [2.24, 2.45) is 0 Å². The molecule has 0 aliphatic carbocycles. The number of hydrogen-bond acceptors (Lipinski definition) is 12. The molecule has 4 aromatic heterocycles. The van der Waals surface area contributed by atoms with E-state index in [0.717, 1.165) is 55.7 Å². The molecule has 8 heterocycles. The van der Waals surface area contributed by atoms with Crippen LogP contribution in [0.25, 0.3) is 11.3 Å². The fraction of sp³-hybridized carbons (Fsp3) is 0.435. The van der Waals surface area contributed by atoms with Crippen molar-refractivity contribution in [3.63, 3.8) is 0 Å². The number of rotatable bonds is 9. The number of benzene rings is 2. The first kappa shape index (κ1) is 56.5. The van der Waals surface area contributed by atoms with Crippen LogP contribution in [0, 0.1) is 13.8 Å². The zero-order valence-electron chi connectivity index (χ0n) is 40.3. The van der Waals surface area contributed by atoms with Gasteiger partial charge in [0.15, 0.2) is 11.3 Å². The fourth-order valence-corrected chi connectivity index (χ4v) is 10.5. The number of likely N-dealkylation sites (tertiary alicyclic amines) is 2. The summed E-state index contributed by atoms with van der Waals surface area (Å²) in [7, 11) is -7.19. The summed E-state index contributed by atoms with van der Waals surface area (Å²) < 4.78 is 105. The first-order chi connectivity index (χ1) is 34.2. The molecule has 10 rings (SSSR count). The van der Waals surface area contributed by atoms with Gasteiger partial charge in [0.05, 0.1) is 84.7 Å². The maximum Gasteiger partial charge on any atom is 0.282 e. The monoisotopic (exact) mass is 1150 g/mol. The van der Waals surface area contributed by atoms with Crippen LogP contribution in [0.2, 0.25) is 15.2 Å². The number of amides is 2. The lowest BCUT2D eigenvalue weighted by molar-refractivity contribution is -0.0476. The molecular formula is C46H52Cl4F4N12O6S2. The third-order valence-electron chi connectivity index (χ3n) is 12.3. The summed E-state index contributed by atoms with van der Waals surface area (Å²) in [5.41, 5.74) is 4.66. The number of piperidine rings is 2. The molecule has 0 saturated carbocycles. The zero-order valence-corrected chi connectivity index (χ0v) is 45.0. The molecular weight excluding hydrogens is 1100 g/mol. The van der Waals surface area contributed by atoms with Gasteiger partial charge in [0.2, 0.25) is 20.0 Å². The van der Waals surface area contributed by atoms with E-state index >= 15 is 0 Å². The number of carbonyl (C=O) groups is 2. The van der Waals surface area contributed by atoms with E-state index in [-0.39, 0.29) is 85.0 Å². The van der Waals surface area contributed by atoms with E-state index in [1.165, 1.54) is 35.2 Å². The number of sulfonamides is 2. The Morgan fingerprint density at radius 3 is 1.50 bits per heavy atom. The van der Waals surface area contributed by atoms with Gasteiger partial charge in [-0.25, -0.2) is 53.4 Å². The van der Waals surface area contributed by atoms with Crippen LogP contribution in [0.4, 0.5) is 34.8 Å². The molecule has 2 aromatic carbocycles. The number of nitrogens with zero attached hydrogens (tertiary/aromatic N) is 9. The fourth-order valence-electron chi connectivity index (χ4n) is 8.89. The molecule has 0 radical (unpaired) electrons. The Morgan fingerprint density at radius 1 is 0.662 bits per heavy atom. The number of nitrogens with one attached hydrogen (secondary N) is 3. The molecule has 74 heavy (non-hydrogen) atoms. The zero-order chi connectivity index (χ0) is 52.8. The molecule has 0 unspecified atom stereocenters. The number of fused-ring (bicyclic) bond motifs is 2. The van der Waals surface area contributed by atoms with E-state index in [4.69, 9.17) is 34.8 Å². The van der Waals surface area contributed by atoms with Crippen LogP contribution in [0.5, 0.6) is 0 Å². The van der Waals surface area contributed by atoms with Crippen LogP contribution in [-0.2, 0) is 20.0 Å². The maximum atomic E-state index is 13.7. The molecule has 18 nitrogen and oxygen atoms in total. The quantitative estimate of drug-likeness (QED) is 0.0919. The van der Waals surface area contributed by atoms with Crippen LogP contribution < -0.4 is 19.7 Å². The highest BCUT2D eigenvalue weighted by atomic mass is 35.5. The molecule has 0 spiro atoms. The Hall–Kier alpha value is -5.24. The molecule has 2 atom stereocenters. The van der Waals surface area contributed by atoms with Crippen molar-refractivity contribution in [1.29, 1.82) is 0 Å². The van der Waals surface area contributed by atoms with E-state index < -0.39 is 31.9 Å². The highest BCUT2D eigenvalue weighted by molar-refractivity contribution is 7.92. The van der Waals surface area contributed by atoms with Gasteiger partial charge in [0, 0.05) is 58.8 Å². The second kappa shape index (κ2) is 22.2. The van der Waals surface area contributed by atoms with Gasteiger partial charge in [-0.2, -0.15) is 10.2 Å². The van der Waals surface area contributed by atoms with Gasteiger partial charge in [0.25, 0.3) is 23.7 Å². The van der Waals surface area contributed by atoms with Gasteiger partial charge in [-0.3, -0.25) is 19.0 Å². The summed E-state index contributed by atoms with van der Waals surface area (Å²) in [5.74, 6) is -5.28. The molecule has 400 valence electrons. The number of hydrogen-bond donors (Lipinski definition) is 3. The van der Waals surface area contributed by atoms with Crippen molar-refractivity contribution in [2.45, 2.75) is 76.3 Å². The van der Waals surface area contributed by atoms with E-state index in [2.05, 4.69) is 34.9 Å². The van der Waals surface area contributed by atoms with E-state index in [1.54, 1.807) is 50.3 Å². The van der Waals surface area contributed by atoms with E-state index in [9.17, 15) is 44.0 Å². The van der Waals surface area contributed by atoms with Crippen molar-refractivity contribution < 1.29 is 44.0 Å². The van der Waals surface area contributed by atoms with Crippen molar-refractivity contribution in [2.75, 3.05) is 66.1 Å². The maximum absolute atomic E-state index is 13.7. The number of aromatic nitrogens is 6. The highest BCUT2D eigenvalue weighted by Crippen LogP contribution is 2.37. The summed E-state index contributed by atoms with van der Waals surface area (Å²) in [6.45, 7) is 3.63. The molecule has 4 aliphatic rings. The van der Waals surface area contributed by atoms with E-state index in [1.807, 2.05) is 13.0 Å². The minimum atomic E-state index is -3.62. The number of alkyl halides is 4. The van der Waals surface area contributed by atoms with Gasteiger partial charge >= 0.3 is 0 Å². The lowest BCUT2D eigenvalue weighted by atomic mass is 9.98. The van der Waals surface area contributed by atoms with Gasteiger partial charge in [-0.15, -0.1) is 12.4 Å². The summed E-state index contributed by atoms with van der Waals surface area (Å²) in [4.78, 5) is 41.0. The van der Waals surface area contributed by atoms with Crippen LogP contribution in [-0.4, -0.2) is 131 Å². The molecule has 4 aliphatic heterocycles. The minimum Gasteiger partial charge on any atom is -0.344 e. The lowest BCUT2D eigenvalue weighted by Gasteiger charge is -2.40. The Kier molecular flexibility index (Phi) is 16.9. The smallest absolute Gasteiger partial charge is 0.282 e. The third kappa shape index (κ3) is 13.4. The Bertz CT molecular complexity index is 3280. The SMILES string of the molecule is Cc1cn2nc([C@@H]3CCCCN3C(=O)c3cc(Cl)ccc3NS(C)(=O)=O)cc2nc1Cl.Cc1cn2nc([C@@H]3CCCCN3C(=O)c3cc(Cl)ccc3NS(C)(=O)=O)cc2nc1N1CC(F)(F)C1.Cl.FC1(F)CNC1. The van der Waals surface area contributed by atoms with E-state index in [0.29, 0.717) is 63.2 Å².